The molecule has 6 amide bonds. The molecule has 4 aromatic heterocycles. The number of nitrogens with two attached hydrogens (primary N) is 2. The van der Waals surface area contributed by atoms with Crippen LogP contribution in [0.2, 0.25) is 0 Å². The number of nitrogens with one attached hydrogen (secondary N) is 2. The zero-order valence-corrected chi connectivity index (χ0v) is 44.3. The fraction of sp³-hybridized carbons (Fsp3) is 0.455. The van der Waals surface area contributed by atoms with Crippen molar-refractivity contribution < 1.29 is 28.8 Å². The molecule has 4 aliphatic rings. The number of carbonyl (C=O) groups is 6. The number of amides is 6. The maximum absolute atomic E-state index is 14.0. The van der Waals surface area contributed by atoms with Crippen molar-refractivity contribution in [2.24, 2.45) is 17.6 Å². The lowest BCUT2D eigenvalue weighted by Crippen LogP contribution is -2.46. The zero-order valence-electron chi connectivity index (χ0n) is 42.6. The summed E-state index contributed by atoms with van der Waals surface area (Å²) in [6.07, 6.45) is 12.3. The Balaban J connectivity index is 0.716. The molecule has 0 saturated carbocycles. The molecule has 0 unspecified atom stereocenters. The van der Waals surface area contributed by atoms with E-state index >= 15 is 0 Å². The molecule has 0 spiro atoms. The van der Waals surface area contributed by atoms with Crippen molar-refractivity contribution >= 4 is 95.7 Å². The van der Waals surface area contributed by atoms with E-state index in [-0.39, 0.29) is 47.0 Å². The van der Waals surface area contributed by atoms with Crippen molar-refractivity contribution in [3.63, 3.8) is 0 Å². The predicted octanol–water partition coefficient (Wildman–Crippen LogP) is 7.40. The molecule has 20 heteroatoms. The summed E-state index contributed by atoms with van der Waals surface area (Å²) in [4.78, 5) is 105. The van der Waals surface area contributed by atoms with Crippen molar-refractivity contribution in [3.05, 3.63) is 99.4 Å². The first-order valence-electron chi connectivity index (χ1n) is 26.1. The third-order valence-corrected chi connectivity index (χ3v) is 18.0. The number of nitrogen functional groups attached to an aromatic ring is 1. The Morgan fingerprint density at radius 2 is 1.25 bits per heavy atom. The van der Waals surface area contributed by atoms with Crippen molar-refractivity contribution in [2.75, 3.05) is 62.7 Å². The Bertz CT molecular complexity index is 3170. The molecule has 18 nitrogen and oxygen atoms in total. The van der Waals surface area contributed by atoms with Crippen LogP contribution in [-0.4, -0.2) is 121 Å². The number of hydrogen-bond acceptors (Lipinski definition) is 14. The van der Waals surface area contributed by atoms with Crippen LogP contribution in [0.15, 0.2) is 67.1 Å². The first-order chi connectivity index (χ1) is 36.1. The molecule has 10 rings (SSSR count). The highest BCUT2D eigenvalue weighted by Gasteiger charge is 2.37. The summed E-state index contributed by atoms with van der Waals surface area (Å²) in [7, 11) is 1.84. The Hall–Kier alpha value is -6.90. The Morgan fingerprint density at radius 1 is 0.693 bits per heavy atom. The first-order valence-corrected chi connectivity index (χ1v) is 27.8. The van der Waals surface area contributed by atoms with E-state index in [1.165, 1.54) is 24.7 Å². The molecule has 6 N–H and O–H groups in total. The van der Waals surface area contributed by atoms with Crippen molar-refractivity contribution in [3.8, 4) is 0 Å². The number of fused-ring (bicyclic) bond motifs is 2. The van der Waals surface area contributed by atoms with Gasteiger partial charge in [0.15, 0.2) is 0 Å². The van der Waals surface area contributed by atoms with Crippen LogP contribution in [-0.2, 0) is 30.4 Å². The van der Waals surface area contributed by atoms with E-state index in [1.54, 1.807) is 37.4 Å². The van der Waals surface area contributed by atoms with Gasteiger partial charge in [0.25, 0.3) is 0 Å². The molecule has 4 saturated heterocycles. The predicted molar refractivity (Wildman–Crippen MR) is 290 cm³/mol. The normalized spacial score (nSPS) is 21.9. The van der Waals surface area contributed by atoms with Gasteiger partial charge in [-0.3, -0.25) is 33.8 Å². The molecule has 6 aromatic rings. The number of rotatable bonds is 11. The van der Waals surface area contributed by atoms with E-state index in [0.29, 0.717) is 49.8 Å². The van der Waals surface area contributed by atoms with Crippen LogP contribution in [0, 0.1) is 11.8 Å². The van der Waals surface area contributed by atoms with Crippen molar-refractivity contribution in [2.45, 2.75) is 102 Å². The molecular formula is C55H64N12O6S2. The van der Waals surface area contributed by atoms with Crippen LogP contribution < -0.4 is 22.1 Å². The molecular weight excluding hydrogens is 989 g/mol. The highest BCUT2D eigenvalue weighted by molar-refractivity contribution is 7.19. The fourth-order valence-corrected chi connectivity index (χ4v) is 13.4. The second-order valence-electron chi connectivity index (χ2n) is 21.1. The second-order valence-corrected chi connectivity index (χ2v) is 23.2. The van der Waals surface area contributed by atoms with Crippen LogP contribution in [0.3, 0.4) is 0 Å². The summed E-state index contributed by atoms with van der Waals surface area (Å²) in [6.45, 7) is 8.52. The minimum absolute atomic E-state index is 0.107. The third kappa shape index (κ3) is 11.5. The summed E-state index contributed by atoms with van der Waals surface area (Å²) in [5, 5.41) is 7.51. The SMILES string of the molecule is C[C@H]1CC[C@H](c2ccc3sc(C4CCN(CCCc5cc(NC(=O)C(=O)N6C[C@@H](C)CC[C@@H]6c6ccc7sc([C@@H]8CCN(C)C(=O)C8)nc7c6)cnc5N)CC4)nc3c2)N(C(=O)C(=O)Nc2cncc(C(N)=O)c2)C1. The van der Waals surface area contributed by atoms with E-state index in [4.69, 9.17) is 21.4 Å². The summed E-state index contributed by atoms with van der Waals surface area (Å²) in [6, 6.07) is 15.0. The molecule has 0 radical (unpaired) electrons. The molecule has 0 bridgehead atoms. The minimum Gasteiger partial charge on any atom is -0.383 e. The van der Waals surface area contributed by atoms with Gasteiger partial charge in [-0.2, -0.15) is 0 Å². The van der Waals surface area contributed by atoms with Gasteiger partial charge in [-0.15, -0.1) is 22.7 Å². The number of aromatic nitrogens is 4. The molecule has 0 aliphatic carbocycles. The standard InChI is InChI=1S/C55H64N12O6S2/c1-31-6-10-43(66(29-31)54(72)50(70)60-39-22-38(49(57)69)26-58-27-39)34-8-12-45-41(23-34)62-52(74-45)33-15-19-65(20-16-33)17-4-5-36-21-40(28-59-48(36)56)61-51(71)55(73)67-30-32(2)7-11-44(67)35-9-13-46-42(24-35)63-53(75-46)37-14-18-64(3)47(68)25-37/h8-9,12-13,21-24,26-28,31-33,37,43-44H,4-7,10-11,14-20,25,29-30H2,1-3H3,(H2,56,59)(H2,57,69)(H,60,70)(H,61,71)/t31-,32-,37+,43+,44+/m0/s1. The monoisotopic (exact) mass is 1050 g/mol. The maximum atomic E-state index is 14.0. The van der Waals surface area contributed by atoms with E-state index in [2.05, 4.69) is 57.5 Å². The second kappa shape index (κ2) is 22.1. The topological polar surface area (TPSA) is 243 Å². The number of benzene rings is 2. The van der Waals surface area contributed by atoms with Crippen LogP contribution in [0.25, 0.3) is 20.4 Å². The number of primary amides is 1. The number of likely N-dealkylation sites (tertiary alicyclic amines) is 4. The number of nitrogens with zero attached hydrogens (tertiary/aromatic N) is 8. The highest BCUT2D eigenvalue weighted by Crippen LogP contribution is 2.40. The lowest BCUT2D eigenvalue weighted by molar-refractivity contribution is -0.146. The molecule has 4 fully saturated rings. The maximum Gasteiger partial charge on any atom is 0.313 e. The van der Waals surface area contributed by atoms with Crippen molar-refractivity contribution in [1.29, 1.82) is 0 Å². The Kier molecular flexibility index (Phi) is 15.2. The quantitative estimate of drug-likeness (QED) is 0.0928. The summed E-state index contributed by atoms with van der Waals surface area (Å²) >= 11 is 3.34. The number of anilines is 3. The van der Waals surface area contributed by atoms with Gasteiger partial charge in [0.1, 0.15) is 5.82 Å². The van der Waals surface area contributed by atoms with Crippen LogP contribution in [0.1, 0.15) is 133 Å². The molecule has 75 heavy (non-hydrogen) atoms. The number of thiazole rings is 2. The number of aryl methyl sites for hydroxylation is 1. The fourth-order valence-electron chi connectivity index (χ4n) is 11.2. The van der Waals surface area contributed by atoms with E-state index in [9.17, 15) is 28.8 Å². The number of carbonyl (C=O) groups excluding carboxylic acids is 6. The van der Waals surface area contributed by atoms with Crippen LogP contribution >= 0.6 is 22.7 Å². The molecule has 5 atom stereocenters. The lowest BCUT2D eigenvalue weighted by atomic mass is 9.89. The average Bonchev–Trinajstić information content (AvgIpc) is 4.04. The smallest absolute Gasteiger partial charge is 0.313 e. The van der Waals surface area contributed by atoms with Crippen LogP contribution in [0.4, 0.5) is 17.2 Å². The van der Waals surface area contributed by atoms with E-state index in [0.717, 1.165) is 118 Å². The van der Waals surface area contributed by atoms with Crippen molar-refractivity contribution in [1.82, 2.24) is 39.5 Å². The molecule has 8 heterocycles. The van der Waals surface area contributed by atoms with Gasteiger partial charge in [0, 0.05) is 51.1 Å². The van der Waals surface area contributed by atoms with Gasteiger partial charge in [-0.25, -0.2) is 15.0 Å². The Labute approximate surface area is 443 Å². The third-order valence-electron chi connectivity index (χ3n) is 15.6. The molecule has 2 aromatic carbocycles. The number of piperidine rings is 4. The van der Waals surface area contributed by atoms with Gasteiger partial charge in [0.2, 0.25) is 11.8 Å². The van der Waals surface area contributed by atoms with E-state index < -0.39 is 29.5 Å². The zero-order chi connectivity index (χ0) is 52.5. The summed E-state index contributed by atoms with van der Waals surface area (Å²) in [5.41, 5.74) is 17.0. The van der Waals surface area contributed by atoms with Crippen LogP contribution in [0.5, 0.6) is 0 Å². The van der Waals surface area contributed by atoms with Gasteiger partial charge >= 0.3 is 23.6 Å². The number of hydrogen-bond donors (Lipinski definition) is 4. The number of pyridine rings is 2. The largest absolute Gasteiger partial charge is 0.383 e. The first kappa shape index (κ1) is 51.6. The average molecular weight is 1050 g/mol. The summed E-state index contributed by atoms with van der Waals surface area (Å²) < 4.78 is 2.13. The minimum atomic E-state index is -0.801. The molecule has 392 valence electrons. The van der Waals surface area contributed by atoms with E-state index in [1.807, 2.05) is 31.3 Å². The summed E-state index contributed by atoms with van der Waals surface area (Å²) in [5.74, 6) is -2.00. The van der Waals surface area contributed by atoms with Gasteiger partial charge < -0.3 is 41.7 Å². The lowest BCUT2D eigenvalue weighted by Gasteiger charge is -2.38. The van der Waals surface area contributed by atoms with Gasteiger partial charge in [0.05, 0.1) is 71.9 Å². The highest BCUT2D eigenvalue weighted by atomic mass is 32.1. The van der Waals surface area contributed by atoms with Gasteiger partial charge in [-0.1, -0.05) is 26.0 Å². The van der Waals surface area contributed by atoms with Gasteiger partial charge in [-0.05, 0) is 142 Å². The molecule has 4 aliphatic heterocycles. The Morgan fingerprint density at radius 3 is 1.83 bits per heavy atom.